The molecular weight excluding hydrogens is 412 g/mol. The molecule has 2 heterocycles. The molecule has 0 spiro atoms. The Kier molecular flexibility index (Phi) is 5.55. The zero-order chi connectivity index (χ0) is 16.9. The highest BCUT2D eigenvalue weighted by Gasteiger charge is 2.10. The number of thiocarbonyl (C=S) groups is 1. The lowest BCUT2D eigenvalue weighted by atomic mass is 10.2. The van der Waals surface area contributed by atoms with Gasteiger partial charge >= 0.3 is 0 Å². The van der Waals surface area contributed by atoms with Gasteiger partial charge in [-0.1, -0.05) is 29.8 Å². The van der Waals surface area contributed by atoms with Gasteiger partial charge < -0.3 is 15.1 Å². The van der Waals surface area contributed by atoms with Gasteiger partial charge in [-0.15, -0.1) is 0 Å². The lowest BCUT2D eigenvalue weighted by molar-refractivity contribution is 0.503. The third-order valence-electron chi connectivity index (χ3n) is 3.24. The van der Waals surface area contributed by atoms with Crippen LogP contribution in [-0.2, 0) is 13.1 Å². The Balaban J connectivity index is 1.61. The number of benzene rings is 1. The van der Waals surface area contributed by atoms with Crippen LogP contribution in [0.5, 0.6) is 0 Å². The molecule has 0 aliphatic heterocycles. The second kappa shape index (κ2) is 7.83. The number of hydrogen-bond acceptors (Lipinski definition) is 3. The molecule has 8 heteroatoms. The summed E-state index contributed by atoms with van der Waals surface area (Å²) in [6, 6.07) is 11.4. The van der Waals surface area contributed by atoms with Gasteiger partial charge in [0.05, 0.1) is 23.8 Å². The van der Waals surface area contributed by atoms with Crippen LogP contribution >= 0.6 is 39.7 Å². The molecule has 2 aromatic heterocycles. The Labute approximate surface area is 158 Å². The summed E-state index contributed by atoms with van der Waals surface area (Å²) >= 11 is 14.9. The first-order valence-electron chi connectivity index (χ1n) is 7.15. The van der Waals surface area contributed by atoms with E-state index in [-0.39, 0.29) is 0 Å². The molecule has 0 bridgehead atoms. The molecule has 3 rings (SSSR count). The second-order valence-electron chi connectivity index (χ2n) is 5.00. The molecule has 0 radical (unpaired) electrons. The van der Waals surface area contributed by atoms with Gasteiger partial charge in [-0.3, -0.25) is 4.68 Å². The summed E-state index contributed by atoms with van der Waals surface area (Å²) < 4.78 is 7.86. The summed E-state index contributed by atoms with van der Waals surface area (Å²) in [6.07, 6.45) is 3.50. The number of furan rings is 1. The number of rotatable bonds is 5. The van der Waals surface area contributed by atoms with E-state index in [0.717, 1.165) is 15.8 Å². The SMILES string of the molecule is S=C(NCc1ccco1)Nc1nn(Cc2ccccc2Cl)cc1Br. The number of nitrogens with one attached hydrogen (secondary N) is 2. The fourth-order valence-electron chi connectivity index (χ4n) is 2.10. The normalized spacial score (nSPS) is 10.6. The third kappa shape index (κ3) is 4.37. The highest BCUT2D eigenvalue weighted by atomic mass is 79.9. The fourth-order valence-corrected chi connectivity index (χ4v) is 2.88. The van der Waals surface area contributed by atoms with E-state index in [0.29, 0.717) is 29.0 Å². The summed E-state index contributed by atoms with van der Waals surface area (Å²) in [4.78, 5) is 0. The van der Waals surface area contributed by atoms with E-state index >= 15 is 0 Å². The molecule has 0 unspecified atom stereocenters. The van der Waals surface area contributed by atoms with Gasteiger partial charge in [-0.05, 0) is 51.9 Å². The molecule has 0 fully saturated rings. The summed E-state index contributed by atoms with van der Waals surface area (Å²) in [5, 5.41) is 11.8. The largest absolute Gasteiger partial charge is 0.467 e. The standard InChI is InChI=1S/C16H14BrClN4OS/c17-13-10-22(9-11-4-1-2-6-14(11)18)21-15(13)20-16(24)19-8-12-5-3-7-23-12/h1-7,10H,8-9H2,(H2,19,20,21,24). The van der Waals surface area contributed by atoms with Crippen LogP contribution in [0, 0.1) is 0 Å². The Bertz CT molecular complexity index is 834. The van der Waals surface area contributed by atoms with Crippen molar-refractivity contribution < 1.29 is 4.42 Å². The number of anilines is 1. The Morgan fingerprint density at radius 3 is 2.88 bits per heavy atom. The van der Waals surface area contributed by atoms with Crippen molar-refractivity contribution in [3.63, 3.8) is 0 Å². The van der Waals surface area contributed by atoms with Crippen LogP contribution in [0.2, 0.25) is 5.02 Å². The highest BCUT2D eigenvalue weighted by Crippen LogP contribution is 2.22. The molecule has 2 N–H and O–H groups in total. The average molecular weight is 426 g/mol. The van der Waals surface area contributed by atoms with E-state index in [1.807, 2.05) is 42.6 Å². The molecule has 5 nitrogen and oxygen atoms in total. The van der Waals surface area contributed by atoms with E-state index in [4.69, 9.17) is 28.2 Å². The minimum atomic E-state index is 0.468. The maximum atomic E-state index is 6.19. The molecule has 24 heavy (non-hydrogen) atoms. The smallest absolute Gasteiger partial charge is 0.172 e. The number of halogens is 2. The van der Waals surface area contributed by atoms with E-state index in [1.54, 1.807) is 10.9 Å². The van der Waals surface area contributed by atoms with Crippen molar-refractivity contribution in [3.8, 4) is 0 Å². The number of nitrogens with zero attached hydrogens (tertiary/aromatic N) is 2. The zero-order valence-electron chi connectivity index (χ0n) is 12.5. The van der Waals surface area contributed by atoms with Crippen molar-refractivity contribution in [1.29, 1.82) is 0 Å². The van der Waals surface area contributed by atoms with Gasteiger partial charge in [-0.25, -0.2) is 0 Å². The van der Waals surface area contributed by atoms with Crippen LogP contribution in [0.3, 0.4) is 0 Å². The predicted molar refractivity (Wildman–Crippen MR) is 102 cm³/mol. The lowest BCUT2D eigenvalue weighted by Gasteiger charge is -2.07. The Morgan fingerprint density at radius 2 is 2.12 bits per heavy atom. The van der Waals surface area contributed by atoms with Crippen molar-refractivity contribution in [3.05, 3.63) is 69.7 Å². The molecular formula is C16H14BrClN4OS. The summed E-state index contributed by atoms with van der Waals surface area (Å²) in [7, 11) is 0. The Hall–Kier alpha value is -1.83. The summed E-state index contributed by atoms with van der Waals surface area (Å²) in [5.74, 6) is 1.45. The van der Waals surface area contributed by atoms with E-state index in [1.165, 1.54) is 0 Å². The van der Waals surface area contributed by atoms with Crippen LogP contribution in [0.25, 0.3) is 0 Å². The molecule has 0 amide bonds. The van der Waals surface area contributed by atoms with Crippen LogP contribution < -0.4 is 10.6 Å². The van der Waals surface area contributed by atoms with Gasteiger partial charge in [0.15, 0.2) is 10.9 Å². The minimum absolute atomic E-state index is 0.468. The van der Waals surface area contributed by atoms with Gasteiger partial charge in [0, 0.05) is 11.2 Å². The molecule has 0 atom stereocenters. The molecule has 0 saturated heterocycles. The first-order valence-corrected chi connectivity index (χ1v) is 8.73. The number of hydrogen-bond donors (Lipinski definition) is 2. The van der Waals surface area contributed by atoms with Crippen LogP contribution in [0.4, 0.5) is 5.82 Å². The van der Waals surface area contributed by atoms with Gasteiger partial charge in [0.25, 0.3) is 0 Å². The average Bonchev–Trinajstić information content (AvgIpc) is 3.18. The van der Waals surface area contributed by atoms with Crippen molar-refractivity contribution in [2.24, 2.45) is 0 Å². The van der Waals surface area contributed by atoms with E-state index < -0.39 is 0 Å². The lowest BCUT2D eigenvalue weighted by Crippen LogP contribution is -2.28. The second-order valence-corrected chi connectivity index (χ2v) is 6.67. The van der Waals surface area contributed by atoms with Gasteiger partial charge in [-0.2, -0.15) is 5.10 Å². The van der Waals surface area contributed by atoms with Gasteiger partial charge in [0.2, 0.25) is 0 Å². The quantitative estimate of drug-likeness (QED) is 0.592. The molecule has 1 aromatic carbocycles. The van der Waals surface area contributed by atoms with Crippen LogP contribution in [0.15, 0.2) is 57.7 Å². The van der Waals surface area contributed by atoms with E-state index in [9.17, 15) is 0 Å². The summed E-state index contributed by atoms with van der Waals surface area (Å²) in [5.41, 5.74) is 0.999. The fraction of sp³-hybridized carbons (Fsp3) is 0.125. The molecule has 3 aromatic rings. The molecule has 0 aliphatic rings. The van der Waals surface area contributed by atoms with Crippen molar-refractivity contribution in [2.75, 3.05) is 5.32 Å². The maximum absolute atomic E-state index is 6.19. The van der Waals surface area contributed by atoms with E-state index in [2.05, 4.69) is 31.7 Å². The van der Waals surface area contributed by atoms with Crippen LogP contribution in [-0.4, -0.2) is 14.9 Å². The third-order valence-corrected chi connectivity index (χ3v) is 4.44. The molecule has 0 aliphatic carbocycles. The van der Waals surface area contributed by atoms with Crippen LogP contribution in [0.1, 0.15) is 11.3 Å². The first-order chi connectivity index (χ1) is 11.6. The Morgan fingerprint density at radius 1 is 1.29 bits per heavy atom. The monoisotopic (exact) mass is 424 g/mol. The van der Waals surface area contributed by atoms with Crippen molar-refractivity contribution in [2.45, 2.75) is 13.1 Å². The minimum Gasteiger partial charge on any atom is -0.467 e. The van der Waals surface area contributed by atoms with Crippen molar-refractivity contribution in [1.82, 2.24) is 15.1 Å². The summed E-state index contributed by atoms with van der Waals surface area (Å²) in [6.45, 7) is 1.09. The molecule has 0 saturated carbocycles. The molecule has 124 valence electrons. The number of aromatic nitrogens is 2. The highest BCUT2D eigenvalue weighted by molar-refractivity contribution is 9.10. The zero-order valence-corrected chi connectivity index (χ0v) is 15.7. The van der Waals surface area contributed by atoms with Gasteiger partial charge in [0.1, 0.15) is 5.76 Å². The van der Waals surface area contributed by atoms with Crippen molar-refractivity contribution >= 4 is 50.7 Å². The topological polar surface area (TPSA) is 55.0 Å². The predicted octanol–water partition coefficient (Wildman–Crippen LogP) is 4.43. The maximum Gasteiger partial charge on any atom is 0.172 e. The first kappa shape index (κ1) is 17.0.